The number of hydrogen-bond donors (Lipinski definition) is 0. The number of carbonyl (C=O) groups excluding carboxylic acids is 3. The summed E-state index contributed by atoms with van der Waals surface area (Å²) in [7, 11) is 0. The van der Waals surface area contributed by atoms with Gasteiger partial charge in [0.1, 0.15) is 5.54 Å². The molecule has 0 saturated carbocycles. The van der Waals surface area contributed by atoms with Crippen LogP contribution in [0.5, 0.6) is 0 Å². The van der Waals surface area contributed by atoms with Gasteiger partial charge in [0.05, 0.1) is 24.1 Å². The van der Waals surface area contributed by atoms with Crippen molar-refractivity contribution in [3.63, 3.8) is 0 Å². The molecule has 0 aliphatic carbocycles. The highest BCUT2D eigenvalue weighted by Crippen LogP contribution is 2.62. The van der Waals surface area contributed by atoms with Crippen LogP contribution in [0.1, 0.15) is 24.0 Å². The first-order valence-electron chi connectivity index (χ1n) is 12.4. The summed E-state index contributed by atoms with van der Waals surface area (Å²) in [6.45, 7) is 1.11. The van der Waals surface area contributed by atoms with Crippen molar-refractivity contribution in [2.75, 3.05) is 16.3 Å². The van der Waals surface area contributed by atoms with E-state index in [-0.39, 0.29) is 23.8 Å². The molecule has 3 amide bonds. The molecule has 7 rings (SSSR count). The number of benzene rings is 3. The Hall–Kier alpha value is -3.48. The number of para-hydroxylation sites is 1. The van der Waals surface area contributed by atoms with E-state index in [9.17, 15) is 14.4 Å². The van der Waals surface area contributed by atoms with E-state index in [0.717, 1.165) is 29.7 Å². The molecule has 4 aliphatic heterocycles. The maximum atomic E-state index is 14.6. The van der Waals surface area contributed by atoms with Crippen LogP contribution in [0, 0.1) is 11.8 Å². The molecule has 0 unspecified atom stereocenters. The molecule has 0 radical (unpaired) electrons. The van der Waals surface area contributed by atoms with Crippen molar-refractivity contribution >= 4 is 40.7 Å². The molecule has 0 aromatic heterocycles. The maximum Gasteiger partial charge on any atom is 0.253 e. The summed E-state index contributed by atoms with van der Waals surface area (Å²) in [6.07, 6.45) is 1.69. The lowest BCUT2D eigenvalue weighted by atomic mass is 9.75. The molecule has 1 spiro atoms. The van der Waals surface area contributed by atoms with Crippen molar-refractivity contribution in [3.8, 4) is 0 Å². The van der Waals surface area contributed by atoms with E-state index in [0.29, 0.717) is 23.8 Å². The average molecular weight is 498 g/mol. The molecular weight excluding hydrogens is 474 g/mol. The Bertz CT molecular complexity index is 1410. The van der Waals surface area contributed by atoms with Crippen molar-refractivity contribution in [3.05, 3.63) is 95.0 Å². The third-order valence-corrected chi connectivity index (χ3v) is 8.66. The Balaban J connectivity index is 1.39. The summed E-state index contributed by atoms with van der Waals surface area (Å²) < 4.78 is 0. The molecule has 3 aromatic rings. The summed E-state index contributed by atoms with van der Waals surface area (Å²) in [5.41, 5.74) is 2.00. The number of halogens is 1. The van der Waals surface area contributed by atoms with Crippen molar-refractivity contribution in [1.82, 2.24) is 4.90 Å². The number of fused-ring (bicyclic) bond motifs is 7. The minimum absolute atomic E-state index is 0.106. The van der Waals surface area contributed by atoms with Crippen LogP contribution in [0.2, 0.25) is 5.02 Å². The molecule has 6 nitrogen and oxygen atoms in total. The number of carbonyl (C=O) groups is 3. The van der Waals surface area contributed by atoms with Crippen molar-refractivity contribution in [2.24, 2.45) is 11.8 Å². The highest BCUT2D eigenvalue weighted by atomic mass is 35.5. The zero-order chi connectivity index (χ0) is 24.6. The van der Waals surface area contributed by atoms with Crippen LogP contribution in [-0.2, 0) is 26.5 Å². The van der Waals surface area contributed by atoms with Gasteiger partial charge < -0.3 is 4.90 Å². The van der Waals surface area contributed by atoms with E-state index >= 15 is 0 Å². The number of rotatable bonds is 3. The second-order valence-electron chi connectivity index (χ2n) is 10.1. The van der Waals surface area contributed by atoms with Gasteiger partial charge in [0.2, 0.25) is 11.8 Å². The van der Waals surface area contributed by atoms with Crippen LogP contribution in [0.4, 0.5) is 11.4 Å². The van der Waals surface area contributed by atoms with Crippen LogP contribution >= 0.6 is 11.6 Å². The molecule has 3 saturated heterocycles. The summed E-state index contributed by atoms with van der Waals surface area (Å²) in [6, 6.07) is 24.3. The van der Waals surface area contributed by atoms with E-state index in [1.807, 2.05) is 59.5 Å². The molecule has 4 heterocycles. The second kappa shape index (κ2) is 7.76. The first-order valence-corrected chi connectivity index (χ1v) is 12.8. The smallest absolute Gasteiger partial charge is 0.253 e. The molecule has 0 N–H and O–H groups in total. The fourth-order valence-electron chi connectivity index (χ4n) is 7.11. The molecular formula is C29H24ClN3O3. The van der Waals surface area contributed by atoms with E-state index in [1.165, 1.54) is 4.90 Å². The van der Waals surface area contributed by atoms with Gasteiger partial charge in [-0.2, -0.15) is 0 Å². The molecule has 4 atom stereocenters. The van der Waals surface area contributed by atoms with E-state index in [2.05, 4.69) is 4.90 Å². The average Bonchev–Trinajstić information content (AvgIpc) is 3.60. The predicted octanol–water partition coefficient (Wildman–Crippen LogP) is 4.37. The number of nitrogens with zero attached hydrogens (tertiary/aromatic N) is 3. The molecule has 0 bridgehead atoms. The molecule has 36 heavy (non-hydrogen) atoms. The topological polar surface area (TPSA) is 60.9 Å². The summed E-state index contributed by atoms with van der Waals surface area (Å²) in [4.78, 5) is 47.9. The Morgan fingerprint density at radius 1 is 0.861 bits per heavy atom. The zero-order valence-electron chi connectivity index (χ0n) is 19.5. The van der Waals surface area contributed by atoms with Crippen LogP contribution < -0.4 is 9.80 Å². The molecule has 4 aliphatic rings. The van der Waals surface area contributed by atoms with E-state index < -0.39 is 17.4 Å². The predicted molar refractivity (Wildman–Crippen MR) is 136 cm³/mol. The lowest BCUT2D eigenvalue weighted by Crippen LogP contribution is -2.55. The van der Waals surface area contributed by atoms with Gasteiger partial charge in [0.25, 0.3) is 5.91 Å². The van der Waals surface area contributed by atoms with Crippen molar-refractivity contribution in [1.29, 1.82) is 0 Å². The van der Waals surface area contributed by atoms with Crippen LogP contribution in [0.15, 0.2) is 78.9 Å². The normalized spacial score (nSPS) is 28.8. The standard InChI is InChI=1S/C29H24ClN3O3/c30-19-12-14-20(15-13-19)33-26(34)24-23-11-6-16-32(23)29(25(24)27(33)35)21-9-4-5-10-22(21)31(28(29)36)17-18-7-2-1-3-8-18/h1-5,7-10,12-15,23-25H,6,11,16-17H2/t23-,24+,25-,29+/m0/s1. The largest absolute Gasteiger partial charge is 0.306 e. The van der Waals surface area contributed by atoms with E-state index in [4.69, 9.17) is 11.6 Å². The molecule has 180 valence electrons. The summed E-state index contributed by atoms with van der Waals surface area (Å²) in [5.74, 6) is -1.94. The third kappa shape index (κ3) is 2.69. The SMILES string of the molecule is O=C1[C@H]2[C@@H](C(=O)N1c1ccc(Cl)cc1)[C@]1(C(=O)N(Cc3ccccc3)c3ccccc31)N1CCC[C@@H]21. The summed E-state index contributed by atoms with van der Waals surface area (Å²) in [5, 5.41) is 0.535. The zero-order valence-corrected chi connectivity index (χ0v) is 20.3. The van der Waals surface area contributed by atoms with Gasteiger partial charge in [-0.1, -0.05) is 60.1 Å². The Labute approximate surface area is 214 Å². The summed E-state index contributed by atoms with van der Waals surface area (Å²) >= 11 is 6.07. The van der Waals surface area contributed by atoms with Gasteiger partial charge in [-0.05, 0) is 55.3 Å². The lowest BCUT2D eigenvalue weighted by Gasteiger charge is -2.37. The van der Waals surface area contributed by atoms with Crippen LogP contribution in [0.3, 0.4) is 0 Å². The van der Waals surface area contributed by atoms with Crippen molar-refractivity contribution < 1.29 is 14.4 Å². The van der Waals surface area contributed by atoms with Gasteiger partial charge in [0, 0.05) is 22.3 Å². The minimum Gasteiger partial charge on any atom is -0.306 e. The lowest BCUT2D eigenvalue weighted by molar-refractivity contribution is -0.137. The Morgan fingerprint density at radius 3 is 2.36 bits per heavy atom. The number of amides is 3. The molecule has 7 heteroatoms. The van der Waals surface area contributed by atoms with Gasteiger partial charge in [-0.25, -0.2) is 4.90 Å². The minimum atomic E-state index is -1.18. The first-order chi connectivity index (χ1) is 17.5. The first kappa shape index (κ1) is 21.8. The second-order valence-corrected chi connectivity index (χ2v) is 10.5. The Kier molecular flexibility index (Phi) is 4.69. The van der Waals surface area contributed by atoms with E-state index in [1.54, 1.807) is 24.3 Å². The van der Waals surface area contributed by atoms with Gasteiger partial charge in [0.15, 0.2) is 0 Å². The highest BCUT2D eigenvalue weighted by Gasteiger charge is 2.75. The Morgan fingerprint density at radius 2 is 1.58 bits per heavy atom. The van der Waals surface area contributed by atoms with Crippen molar-refractivity contribution in [2.45, 2.75) is 31.0 Å². The third-order valence-electron chi connectivity index (χ3n) is 8.41. The van der Waals surface area contributed by atoms with Gasteiger partial charge >= 0.3 is 0 Å². The quantitative estimate of drug-likeness (QED) is 0.504. The fourth-order valence-corrected chi connectivity index (χ4v) is 7.23. The highest BCUT2D eigenvalue weighted by molar-refractivity contribution is 6.31. The number of hydrogen-bond acceptors (Lipinski definition) is 4. The number of anilines is 2. The monoisotopic (exact) mass is 497 g/mol. The molecule has 3 fully saturated rings. The maximum absolute atomic E-state index is 14.6. The van der Waals surface area contributed by atoms with Crippen LogP contribution in [-0.4, -0.2) is 35.2 Å². The van der Waals surface area contributed by atoms with Gasteiger partial charge in [-0.3, -0.25) is 19.3 Å². The number of imide groups is 1. The molecule has 3 aromatic carbocycles. The van der Waals surface area contributed by atoms with Crippen LogP contribution in [0.25, 0.3) is 0 Å². The van der Waals surface area contributed by atoms with Gasteiger partial charge in [-0.15, -0.1) is 0 Å². The fraction of sp³-hybridized carbons (Fsp3) is 0.276.